The van der Waals surface area contributed by atoms with Gasteiger partial charge < -0.3 is 50.9 Å². The van der Waals surface area contributed by atoms with E-state index in [0.717, 1.165) is 71.3 Å². The van der Waals surface area contributed by atoms with E-state index in [0.29, 0.717) is 67.5 Å². The smallest absolute Gasteiger partial charge is 0.407 e. The Morgan fingerprint density at radius 1 is 0.818 bits per heavy atom. The maximum absolute atomic E-state index is 15.9. The molecule has 18 nitrogen and oxygen atoms in total. The molecule has 3 saturated heterocycles. The summed E-state index contributed by atoms with van der Waals surface area (Å²) in [6, 6.07) is 6.43. The van der Waals surface area contributed by atoms with Gasteiger partial charge in [-0.05, 0) is 94.6 Å². The van der Waals surface area contributed by atoms with Crippen LogP contribution in [0.4, 0.5) is 50.5 Å². The molecule has 3 aliphatic rings. The zero-order valence-corrected chi connectivity index (χ0v) is 43.4. The fraction of sp³-hybridized carbons (Fsp3) is 0.529. The Morgan fingerprint density at radius 3 is 1.82 bits per heavy atom. The number of hydrogen-bond acceptors (Lipinski definition) is 14. The highest BCUT2D eigenvalue weighted by molar-refractivity contribution is 6.06. The minimum absolute atomic E-state index is 0.254. The lowest BCUT2D eigenvalue weighted by Crippen LogP contribution is -2.63. The van der Waals surface area contributed by atoms with Crippen molar-refractivity contribution in [2.24, 2.45) is 10.8 Å². The second-order valence-electron chi connectivity index (χ2n) is 20.3. The van der Waals surface area contributed by atoms with Crippen molar-refractivity contribution in [2.45, 2.75) is 108 Å². The van der Waals surface area contributed by atoms with Gasteiger partial charge in [0.25, 0.3) is 5.91 Å². The third kappa shape index (κ3) is 13.9. The number of nitrogens with one attached hydrogen (secondary N) is 6. The lowest BCUT2D eigenvalue weighted by atomic mass is 9.82. The fourth-order valence-corrected chi connectivity index (χ4v) is 9.41. The van der Waals surface area contributed by atoms with Gasteiger partial charge in [0, 0.05) is 68.2 Å². The summed E-state index contributed by atoms with van der Waals surface area (Å²) in [6.45, 7) is 3.40. The first-order chi connectivity index (χ1) is 36.1. The number of alkyl carbamates (subject to hydrolysis) is 2. The Balaban J connectivity index is 1.33. The average Bonchev–Trinajstić information content (AvgIpc) is 3.59. The molecule has 422 valence electrons. The van der Waals surface area contributed by atoms with Gasteiger partial charge in [-0.15, -0.1) is 0 Å². The summed E-state index contributed by atoms with van der Waals surface area (Å²) >= 11 is 0. The fourth-order valence-electron chi connectivity index (χ4n) is 9.41. The molecule has 26 heteroatoms. The summed E-state index contributed by atoms with van der Waals surface area (Å²) in [5.41, 5.74) is -3.71. The molecule has 3 aliphatic heterocycles. The molecule has 7 N–H and O–H groups in total. The number of rotatable bonds is 21. The van der Waals surface area contributed by atoms with Crippen molar-refractivity contribution in [3.05, 3.63) is 95.3 Å². The second kappa shape index (κ2) is 24.4. The average molecular weight is 1100 g/mol. The number of fused-ring (bicyclic) bond motifs is 2. The first-order valence-corrected chi connectivity index (χ1v) is 24.5. The maximum atomic E-state index is 15.9. The number of anilines is 1. The van der Waals surface area contributed by atoms with Crippen LogP contribution >= 0.6 is 0 Å². The summed E-state index contributed by atoms with van der Waals surface area (Å²) in [6.07, 6.45) is -9.37. The number of carbonyl (C=O) groups is 4. The largest absolute Gasteiger partial charge is 0.453 e. The van der Waals surface area contributed by atoms with Crippen molar-refractivity contribution in [1.82, 2.24) is 41.6 Å². The quantitative estimate of drug-likeness (QED) is 0.0386. The number of methoxy groups -OCH3 is 2. The second-order valence-corrected chi connectivity index (χ2v) is 20.3. The molecule has 0 spiro atoms. The van der Waals surface area contributed by atoms with Crippen LogP contribution in [0.3, 0.4) is 0 Å². The molecule has 2 aromatic carbocycles. The van der Waals surface area contributed by atoms with E-state index in [1.54, 1.807) is 30.5 Å². The molecule has 0 aliphatic carbocycles. The first kappa shape index (κ1) is 59.6. The Hall–Kier alpha value is -6.64. The molecule has 3 fully saturated rings. The van der Waals surface area contributed by atoms with Gasteiger partial charge in [0.2, 0.25) is 5.91 Å². The van der Waals surface area contributed by atoms with Crippen LogP contribution in [0.2, 0.25) is 0 Å². The standard InChI is InChI=1S/C51H64F8N10O8/c1-48(2,50(54,55)56)42(64-46(73)75-6)44(71)63-39(18-28-8-10-29(11-9-28)30-12-15-41(62-21-30)67-22-32-13-14-33(23-67)69(32)34-26-77-27-34)40(70)25-68(24-35-36(52)19-31(20-37(35)53)38(60)16-17-61-5)66-45(72)43(65-47(74)76-7)49(3,4)51(57,58)59/h8-12,15-17,19-21,32-34,39-40,42-43,60-61,70H,13-14,18,22-27H2,1-7H3,(H,63,71)(H,64,73)(H,65,74)(H,66,72)/b17-16-,60-38?/t32?,33?,39-,40-,42+,43+/m0/s1. The van der Waals surface area contributed by atoms with E-state index in [1.807, 2.05) is 22.8 Å². The minimum atomic E-state index is -5.19. The summed E-state index contributed by atoms with van der Waals surface area (Å²) in [4.78, 5) is 62.5. The highest BCUT2D eigenvalue weighted by atomic mass is 19.4. The van der Waals surface area contributed by atoms with Crippen molar-refractivity contribution in [3.63, 3.8) is 0 Å². The van der Waals surface area contributed by atoms with Crippen LogP contribution in [0.15, 0.2) is 67.0 Å². The molecule has 4 heterocycles. The molecular weight excluding hydrogens is 1030 g/mol. The molecular formula is C51H64F8N10O8. The molecule has 0 saturated carbocycles. The van der Waals surface area contributed by atoms with Gasteiger partial charge in [-0.3, -0.25) is 19.9 Å². The Morgan fingerprint density at radius 2 is 1.35 bits per heavy atom. The van der Waals surface area contributed by atoms with Crippen molar-refractivity contribution in [1.29, 1.82) is 5.41 Å². The zero-order valence-electron chi connectivity index (χ0n) is 43.4. The number of amides is 4. The zero-order chi connectivity index (χ0) is 56.8. The van der Waals surface area contributed by atoms with Crippen LogP contribution in [-0.2, 0) is 36.8 Å². The monoisotopic (exact) mass is 1100 g/mol. The molecule has 1 aromatic heterocycles. The van der Waals surface area contributed by atoms with Crippen LogP contribution in [-0.4, -0.2) is 159 Å². The highest BCUT2D eigenvalue weighted by Gasteiger charge is 2.57. The normalized spacial score (nSPS) is 18.9. The molecule has 77 heavy (non-hydrogen) atoms. The first-order valence-electron chi connectivity index (χ1n) is 24.5. The van der Waals surface area contributed by atoms with E-state index < -0.39 is 108 Å². The van der Waals surface area contributed by atoms with Gasteiger partial charge in [0.05, 0.1) is 62.2 Å². The molecule has 6 rings (SSSR count). The molecule has 6 atom stereocenters. The molecule has 2 bridgehead atoms. The van der Waals surface area contributed by atoms with Crippen molar-refractivity contribution >= 4 is 35.5 Å². The van der Waals surface area contributed by atoms with E-state index in [2.05, 4.69) is 35.3 Å². The van der Waals surface area contributed by atoms with Crippen LogP contribution in [0.25, 0.3) is 11.1 Å². The van der Waals surface area contributed by atoms with Crippen LogP contribution in [0, 0.1) is 27.9 Å². The molecule has 4 amide bonds. The third-order valence-corrected chi connectivity index (χ3v) is 14.4. The summed E-state index contributed by atoms with van der Waals surface area (Å²) in [5, 5.41) is 29.5. The number of aliphatic hydroxyl groups excluding tert-OH is 1. The number of aliphatic hydroxyl groups is 1. The highest BCUT2D eigenvalue weighted by Crippen LogP contribution is 2.42. The number of alkyl halides is 6. The van der Waals surface area contributed by atoms with Gasteiger partial charge in [-0.25, -0.2) is 28.4 Å². The number of ether oxygens (including phenoxy) is 3. The van der Waals surface area contributed by atoms with Crippen molar-refractivity contribution in [2.75, 3.05) is 59.0 Å². The maximum Gasteiger partial charge on any atom is 0.407 e. The van der Waals surface area contributed by atoms with Gasteiger partial charge in [0.1, 0.15) is 29.5 Å². The van der Waals surface area contributed by atoms with Crippen molar-refractivity contribution < 1.29 is 73.6 Å². The Bertz CT molecular complexity index is 2580. The van der Waals surface area contributed by atoms with Crippen LogP contribution in [0.1, 0.15) is 57.2 Å². The number of aromatic nitrogens is 1. The number of nitrogens with zero attached hydrogens (tertiary/aromatic N) is 4. The van der Waals surface area contributed by atoms with E-state index in [9.17, 15) is 50.6 Å². The van der Waals surface area contributed by atoms with E-state index in [1.165, 1.54) is 19.3 Å². The Kier molecular flexibility index (Phi) is 18.9. The topological polar surface area (TPSA) is 223 Å². The molecule has 0 radical (unpaired) electrons. The minimum Gasteiger partial charge on any atom is -0.453 e. The van der Waals surface area contributed by atoms with Crippen molar-refractivity contribution in [3.8, 4) is 11.1 Å². The van der Waals surface area contributed by atoms with E-state index >= 15 is 8.78 Å². The number of halogens is 8. The number of carbonyl (C=O) groups excluding carboxylic acids is 4. The third-order valence-electron chi connectivity index (χ3n) is 14.4. The number of hydrogen-bond donors (Lipinski definition) is 7. The van der Waals surface area contributed by atoms with E-state index in [-0.39, 0.29) is 11.3 Å². The number of hydrazine groups is 1. The van der Waals surface area contributed by atoms with E-state index in [4.69, 9.17) is 15.1 Å². The van der Waals surface area contributed by atoms with Gasteiger partial charge in [-0.1, -0.05) is 24.3 Å². The number of benzene rings is 2. The molecule has 3 aromatic rings. The summed E-state index contributed by atoms with van der Waals surface area (Å²) in [7, 11) is 3.17. The lowest BCUT2D eigenvalue weighted by Gasteiger charge is -2.48. The summed E-state index contributed by atoms with van der Waals surface area (Å²) in [5.74, 6) is -4.96. The van der Waals surface area contributed by atoms with Gasteiger partial charge in [0.15, 0.2) is 0 Å². The SMILES string of the molecule is CN/C=C\C(=N)c1cc(F)c(CN(C[C@H](O)[C@H](Cc2ccc(-c3ccc(N4CC5CCC(C4)N5C4COC4)nc3)cc2)NC(=O)[C@@H](NC(=O)OC)C(C)(C)C(F)(F)F)NC(=O)[C@@H](NC(=O)OC)C(C)(C)C(F)(F)F)c(F)c1. The number of piperazine rings is 1. The lowest BCUT2D eigenvalue weighted by molar-refractivity contribution is -0.221. The van der Waals surface area contributed by atoms with Crippen LogP contribution in [0.5, 0.6) is 0 Å². The predicted molar refractivity (Wildman–Crippen MR) is 265 cm³/mol. The Labute approximate surface area is 439 Å². The number of pyridine rings is 1. The molecule has 2 unspecified atom stereocenters. The van der Waals surface area contributed by atoms with Gasteiger partial charge >= 0.3 is 24.5 Å². The van der Waals surface area contributed by atoms with Gasteiger partial charge in [-0.2, -0.15) is 26.3 Å². The van der Waals surface area contributed by atoms with Crippen LogP contribution < -0.4 is 31.6 Å². The predicted octanol–water partition coefficient (Wildman–Crippen LogP) is 5.73. The summed E-state index contributed by atoms with van der Waals surface area (Å²) < 4.78 is 134. The number of allylic oxidation sites excluding steroid dienone is 1.